The summed E-state index contributed by atoms with van der Waals surface area (Å²) in [6.45, 7) is 6.62. The Morgan fingerprint density at radius 1 is 1.38 bits per heavy atom. The minimum atomic E-state index is 0.0697. The number of carbonyl (C=O) groups is 1. The minimum Gasteiger partial charge on any atom is -0.397 e. The van der Waals surface area contributed by atoms with E-state index in [2.05, 4.69) is 24.5 Å². The highest BCUT2D eigenvalue weighted by molar-refractivity contribution is 5.95. The summed E-state index contributed by atoms with van der Waals surface area (Å²) in [5.74, 6) is 0.637. The molecule has 2 rings (SSSR count). The second kappa shape index (κ2) is 7.31. The van der Waals surface area contributed by atoms with Crippen LogP contribution in [0.3, 0.4) is 0 Å². The maximum absolute atomic E-state index is 11.4. The number of nitrogens with two attached hydrogens (primary N) is 1. The number of ether oxygens (including phenoxy) is 1. The summed E-state index contributed by atoms with van der Waals surface area (Å²) < 4.78 is 5.54. The quantitative estimate of drug-likeness (QED) is 0.533. The standard InChI is InChI=1S/C16H25N3O2/c1-11(2)10-21-7-3-6-18-15-9-14-12(8-13(15)17)4-5-16(20)19-14/h8-9,11,18H,3-7,10,17H2,1-2H3,(H,19,20). The molecule has 0 radical (unpaired) electrons. The molecule has 4 N–H and O–H groups in total. The van der Waals surface area contributed by atoms with Crippen LogP contribution >= 0.6 is 0 Å². The topological polar surface area (TPSA) is 76.4 Å². The number of carbonyl (C=O) groups excluding carboxylic acids is 1. The van der Waals surface area contributed by atoms with Gasteiger partial charge in [0.05, 0.1) is 11.4 Å². The number of anilines is 3. The lowest BCUT2D eigenvalue weighted by molar-refractivity contribution is -0.116. The smallest absolute Gasteiger partial charge is 0.224 e. The number of nitrogens with one attached hydrogen (secondary N) is 2. The number of benzene rings is 1. The lowest BCUT2D eigenvalue weighted by Gasteiger charge is -2.19. The molecule has 0 saturated carbocycles. The lowest BCUT2D eigenvalue weighted by atomic mass is 10.0. The summed E-state index contributed by atoms with van der Waals surface area (Å²) in [7, 11) is 0. The van der Waals surface area contributed by atoms with E-state index in [0.717, 1.165) is 55.2 Å². The summed E-state index contributed by atoms with van der Waals surface area (Å²) >= 11 is 0. The molecule has 0 bridgehead atoms. The van der Waals surface area contributed by atoms with Crippen molar-refractivity contribution >= 4 is 23.0 Å². The van der Waals surface area contributed by atoms with Crippen LogP contribution in [0, 0.1) is 5.92 Å². The Morgan fingerprint density at radius 3 is 2.95 bits per heavy atom. The van der Waals surface area contributed by atoms with Crippen LogP contribution < -0.4 is 16.4 Å². The molecular formula is C16H25N3O2. The van der Waals surface area contributed by atoms with Gasteiger partial charge in [-0.15, -0.1) is 0 Å². The predicted molar refractivity (Wildman–Crippen MR) is 86.6 cm³/mol. The third kappa shape index (κ3) is 4.63. The molecule has 1 aliphatic heterocycles. The van der Waals surface area contributed by atoms with Crippen molar-refractivity contribution in [1.82, 2.24) is 0 Å². The zero-order valence-corrected chi connectivity index (χ0v) is 12.9. The molecule has 1 aliphatic rings. The monoisotopic (exact) mass is 291 g/mol. The van der Waals surface area contributed by atoms with Crippen LogP contribution in [0.5, 0.6) is 0 Å². The van der Waals surface area contributed by atoms with Gasteiger partial charge in [-0.2, -0.15) is 0 Å². The van der Waals surface area contributed by atoms with Crippen LogP contribution in [-0.2, 0) is 16.0 Å². The molecule has 1 amide bonds. The van der Waals surface area contributed by atoms with Crippen molar-refractivity contribution in [2.45, 2.75) is 33.1 Å². The van der Waals surface area contributed by atoms with Crippen LogP contribution in [0.2, 0.25) is 0 Å². The molecule has 5 nitrogen and oxygen atoms in total. The molecule has 1 aromatic carbocycles. The van der Waals surface area contributed by atoms with Gasteiger partial charge in [0, 0.05) is 31.9 Å². The largest absolute Gasteiger partial charge is 0.397 e. The van der Waals surface area contributed by atoms with Crippen molar-refractivity contribution in [3.05, 3.63) is 17.7 Å². The molecule has 0 unspecified atom stereocenters. The molecule has 1 heterocycles. The van der Waals surface area contributed by atoms with E-state index in [1.54, 1.807) is 0 Å². The first-order chi connectivity index (χ1) is 10.1. The number of fused-ring (bicyclic) bond motifs is 1. The van der Waals surface area contributed by atoms with Crippen LogP contribution in [-0.4, -0.2) is 25.7 Å². The number of nitrogen functional groups attached to an aromatic ring is 1. The molecule has 0 fully saturated rings. The number of rotatable bonds is 7. The Hall–Kier alpha value is -1.75. The van der Waals surface area contributed by atoms with Gasteiger partial charge < -0.3 is 21.1 Å². The summed E-state index contributed by atoms with van der Waals surface area (Å²) in [6.07, 6.45) is 2.22. The molecule has 0 aliphatic carbocycles. The van der Waals surface area contributed by atoms with Gasteiger partial charge in [-0.05, 0) is 36.5 Å². The SMILES string of the molecule is CC(C)COCCCNc1cc2c(cc1N)CCC(=O)N2. The lowest BCUT2D eigenvalue weighted by Crippen LogP contribution is -2.19. The Labute approximate surface area is 126 Å². The van der Waals surface area contributed by atoms with Gasteiger partial charge in [-0.25, -0.2) is 0 Å². The Morgan fingerprint density at radius 2 is 2.19 bits per heavy atom. The van der Waals surface area contributed by atoms with Crippen molar-refractivity contribution in [1.29, 1.82) is 0 Å². The maximum atomic E-state index is 11.4. The van der Waals surface area contributed by atoms with E-state index in [4.69, 9.17) is 10.5 Å². The van der Waals surface area contributed by atoms with Crippen LogP contribution in [0.15, 0.2) is 12.1 Å². The van der Waals surface area contributed by atoms with Gasteiger partial charge in [-0.3, -0.25) is 4.79 Å². The zero-order chi connectivity index (χ0) is 15.2. The Balaban J connectivity index is 1.83. The molecule has 0 saturated heterocycles. The highest BCUT2D eigenvalue weighted by Gasteiger charge is 2.16. The second-order valence-corrected chi connectivity index (χ2v) is 5.89. The highest BCUT2D eigenvalue weighted by atomic mass is 16.5. The van der Waals surface area contributed by atoms with Crippen LogP contribution in [0.1, 0.15) is 32.3 Å². The van der Waals surface area contributed by atoms with Crippen molar-refractivity contribution in [2.24, 2.45) is 5.92 Å². The fourth-order valence-electron chi connectivity index (χ4n) is 2.32. The average Bonchev–Trinajstić information content (AvgIpc) is 2.43. The van der Waals surface area contributed by atoms with E-state index in [1.807, 2.05) is 12.1 Å². The number of aryl methyl sites for hydroxylation is 1. The average molecular weight is 291 g/mol. The predicted octanol–water partition coefficient (Wildman–Crippen LogP) is 2.63. The molecule has 0 atom stereocenters. The number of hydrogen-bond acceptors (Lipinski definition) is 4. The van der Waals surface area contributed by atoms with Gasteiger partial charge >= 0.3 is 0 Å². The second-order valence-electron chi connectivity index (χ2n) is 5.89. The van der Waals surface area contributed by atoms with Gasteiger partial charge in [0.15, 0.2) is 0 Å². The first-order valence-corrected chi connectivity index (χ1v) is 7.60. The van der Waals surface area contributed by atoms with E-state index in [9.17, 15) is 4.79 Å². The Kier molecular flexibility index (Phi) is 5.44. The third-order valence-electron chi connectivity index (χ3n) is 3.40. The van der Waals surface area contributed by atoms with Crippen LogP contribution in [0.25, 0.3) is 0 Å². The van der Waals surface area contributed by atoms with E-state index in [1.165, 1.54) is 0 Å². The normalized spacial score (nSPS) is 14.0. The fourth-order valence-corrected chi connectivity index (χ4v) is 2.32. The summed E-state index contributed by atoms with van der Waals surface area (Å²) in [4.78, 5) is 11.4. The minimum absolute atomic E-state index is 0.0697. The van der Waals surface area contributed by atoms with Crippen molar-refractivity contribution < 1.29 is 9.53 Å². The molecular weight excluding hydrogens is 266 g/mol. The molecule has 21 heavy (non-hydrogen) atoms. The summed E-state index contributed by atoms with van der Waals surface area (Å²) in [5, 5.41) is 6.20. The number of hydrogen-bond donors (Lipinski definition) is 3. The number of amides is 1. The fraction of sp³-hybridized carbons (Fsp3) is 0.562. The van der Waals surface area contributed by atoms with Crippen LogP contribution in [0.4, 0.5) is 17.1 Å². The van der Waals surface area contributed by atoms with Crippen molar-refractivity contribution in [3.63, 3.8) is 0 Å². The van der Waals surface area contributed by atoms with E-state index in [-0.39, 0.29) is 5.91 Å². The summed E-state index contributed by atoms with van der Waals surface area (Å²) in [5.41, 5.74) is 9.64. The first-order valence-electron chi connectivity index (χ1n) is 7.60. The van der Waals surface area contributed by atoms with E-state index in [0.29, 0.717) is 12.3 Å². The van der Waals surface area contributed by atoms with Gasteiger partial charge in [-0.1, -0.05) is 13.8 Å². The molecule has 5 heteroatoms. The molecule has 1 aromatic rings. The molecule has 116 valence electrons. The third-order valence-corrected chi connectivity index (χ3v) is 3.40. The van der Waals surface area contributed by atoms with Gasteiger partial charge in [0.2, 0.25) is 5.91 Å². The zero-order valence-electron chi connectivity index (χ0n) is 12.9. The van der Waals surface area contributed by atoms with Crippen molar-refractivity contribution in [2.75, 3.05) is 36.1 Å². The van der Waals surface area contributed by atoms with E-state index < -0.39 is 0 Å². The van der Waals surface area contributed by atoms with Gasteiger partial charge in [0.1, 0.15) is 0 Å². The maximum Gasteiger partial charge on any atom is 0.224 e. The van der Waals surface area contributed by atoms with Crippen molar-refractivity contribution in [3.8, 4) is 0 Å². The van der Waals surface area contributed by atoms with Gasteiger partial charge in [0.25, 0.3) is 0 Å². The Bertz CT molecular complexity index is 501. The highest BCUT2D eigenvalue weighted by Crippen LogP contribution is 2.30. The van der Waals surface area contributed by atoms with E-state index >= 15 is 0 Å². The first kappa shape index (κ1) is 15.6. The summed E-state index contributed by atoms with van der Waals surface area (Å²) in [6, 6.07) is 3.88. The molecule has 0 spiro atoms. The molecule has 0 aromatic heterocycles.